The minimum Gasteiger partial charge on any atom is -0.447 e. The number of ether oxygens (including phenoxy) is 1. The molecule has 4 N–H and O–H groups in total. The Hall–Kier alpha value is -3.39. The molecule has 0 unspecified atom stereocenters. The van der Waals surface area contributed by atoms with E-state index < -0.39 is 11.7 Å². The van der Waals surface area contributed by atoms with Crippen molar-refractivity contribution < 1.29 is 19.4 Å². The maximum atomic E-state index is 13.6. The smallest absolute Gasteiger partial charge is 0.407 e. The van der Waals surface area contributed by atoms with Gasteiger partial charge in [0.2, 0.25) is 0 Å². The molecule has 1 fully saturated rings. The lowest BCUT2D eigenvalue weighted by atomic mass is 9.72. The highest BCUT2D eigenvalue weighted by Crippen LogP contribution is 2.45. The molecular weight excluding hydrogens is 562 g/mol. The zero-order valence-corrected chi connectivity index (χ0v) is 26.2. The lowest BCUT2D eigenvalue weighted by Crippen LogP contribution is -2.48. The second-order valence-corrected chi connectivity index (χ2v) is 12.0. The normalized spacial score (nSPS) is 16.5. The molecule has 0 bridgehead atoms. The third-order valence-corrected chi connectivity index (χ3v) is 8.59. The van der Waals surface area contributed by atoms with Gasteiger partial charge in [-0.15, -0.1) is 0 Å². The first-order valence-electron chi connectivity index (χ1n) is 15.3. The number of carbonyl (C=O) groups excluding carboxylic acids is 2. The van der Waals surface area contributed by atoms with Crippen molar-refractivity contribution in [3.63, 3.8) is 0 Å². The minimum atomic E-state index is -1.31. The first-order valence-corrected chi connectivity index (χ1v) is 15.7. The number of hydrogen-bond acceptors (Lipinski definition) is 5. The number of halogens is 1. The van der Waals surface area contributed by atoms with Gasteiger partial charge >= 0.3 is 6.09 Å². The largest absolute Gasteiger partial charge is 0.447 e. The number of likely N-dealkylation sites (tertiary alicyclic amines) is 1. The molecule has 3 aromatic rings. The minimum absolute atomic E-state index is 0.0596. The van der Waals surface area contributed by atoms with Crippen LogP contribution in [0.15, 0.2) is 66.7 Å². The van der Waals surface area contributed by atoms with Crippen molar-refractivity contribution in [1.29, 1.82) is 0 Å². The number of alkyl carbamates (subject to hydrolysis) is 1. The fourth-order valence-corrected chi connectivity index (χ4v) is 6.29. The van der Waals surface area contributed by atoms with E-state index in [9.17, 15) is 14.7 Å². The van der Waals surface area contributed by atoms with Crippen LogP contribution in [0.3, 0.4) is 0 Å². The SMILES string of the molecule is CCc1cccc(-c2c(Cl)cccc2[C@](O)(CCCNC(=O)OC(C)C)[C@@H]2CCCN(C(=O)c3ccc(CN)cc3)C2)c1. The van der Waals surface area contributed by atoms with Gasteiger partial charge in [-0.05, 0) is 86.4 Å². The fraction of sp³-hybridized carbons (Fsp3) is 0.429. The average molecular weight is 606 g/mol. The van der Waals surface area contributed by atoms with Gasteiger partial charge in [-0.25, -0.2) is 4.79 Å². The zero-order chi connectivity index (χ0) is 31.0. The summed E-state index contributed by atoms with van der Waals surface area (Å²) < 4.78 is 5.21. The lowest BCUT2D eigenvalue weighted by molar-refractivity contribution is -0.0563. The monoisotopic (exact) mass is 605 g/mol. The van der Waals surface area contributed by atoms with E-state index in [1.807, 2.05) is 59.5 Å². The van der Waals surface area contributed by atoms with E-state index in [0.717, 1.165) is 41.5 Å². The van der Waals surface area contributed by atoms with E-state index in [0.29, 0.717) is 49.6 Å². The second-order valence-electron chi connectivity index (χ2n) is 11.6. The molecule has 8 heteroatoms. The van der Waals surface area contributed by atoms with Crippen LogP contribution in [0, 0.1) is 5.92 Å². The van der Waals surface area contributed by atoms with Gasteiger partial charge in [-0.1, -0.05) is 67.1 Å². The molecule has 4 rings (SSSR count). The average Bonchev–Trinajstić information content (AvgIpc) is 3.02. The number of rotatable bonds is 11. The summed E-state index contributed by atoms with van der Waals surface area (Å²) in [4.78, 5) is 27.5. The van der Waals surface area contributed by atoms with Crippen molar-refractivity contribution >= 4 is 23.6 Å². The Kier molecular flexibility index (Phi) is 11.2. The van der Waals surface area contributed by atoms with Crippen LogP contribution in [-0.2, 0) is 23.3 Å². The number of aryl methyl sites for hydroxylation is 1. The van der Waals surface area contributed by atoms with Gasteiger partial charge in [0.05, 0.1) is 11.7 Å². The van der Waals surface area contributed by atoms with Crippen LogP contribution in [0.2, 0.25) is 5.02 Å². The van der Waals surface area contributed by atoms with E-state index in [-0.39, 0.29) is 17.9 Å². The Labute approximate surface area is 260 Å². The zero-order valence-electron chi connectivity index (χ0n) is 25.4. The highest BCUT2D eigenvalue weighted by atomic mass is 35.5. The molecule has 0 saturated carbocycles. The molecule has 1 saturated heterocycles. The van der Waals surface area contributed by atoms with Crippen molar-refractivity contribution in [1.82, 2.24) is 10.2 Å². The summed E-state index contributed by atoms with van der Waals surface area (Å²) in [6.07, 6.45) is 2.57. The molecule has 3 aromatic carbocycles. The Morgan fingerprint density at radius 3 is 2.56 bits per heavy atom. The van der Waals surface area contributed by atoms with Gasteiger partial charge in [0.25, 0.3) is 5.91 Å². The molecule has 0 spiro atoms. The number of amides is 2. The Bertz CT molecular complexity index is 1390. The third kappa shape index (κ3) is 7.96. The standard InChI is InChI=1S/C35H44ClN3O4/c1-4-25-9-5-10-28(21-25)32-30(12-6-13-31(32)36)35(42,18-8-19-38-34(41)43-24(2)3)29-11-7-20-39(23-29)33(40)27-16-14-26(22-37)15-17-27/h5-6,9-10,12-17,21,24,29,42H,4,7-8,11,18-20,22-23,37H2,1-3H3,(H,38,41)/t29-,35+/m1/s1. The van der Waals surface area contributed by atoms with Crippen LogP contribution >= 0.6 is 11.6 Å². The molecular formula is C35H44ClN3O4. The summed E-state index contributed by atoms with van der Waals surface area (Å²) in [5.74, 6) is -0.307. The molecule has 230 valence electrons. The maximum absolute atomic E-state index is 13.6. The van der Waals surface area contributed by atoms with Crippen molar-refractivity contribution in [3.05, 3.63) is 94.0 Å². The van der Waals surface area contributed by atoms with Gasteiger partial charge in [-0.2, -0.15) is 0 Å². The third-order valence-electron chi connectivity index (χ3n) is 8.27. The van der Waals surface area contributed by atoms with Gasteiger partial charge < -0.3 is 25.8 Å². The Morgan fingerprint density at radius 1 is 1.12 bits per heavy atom. The molecule has 1 aliphatic heterocycles. The summed E-state index contributed by atoms with van der Waals surface area (Å²) in [5.41, 5.74) is 9.67. The molecule has 43 heavy (non-hydrogen) atoms. The van der Waals surface area contributed by atoms with E-state index in [1.54, 1.807) is 13.8 Å². The Balaban J connectivity index is 1.68. The number of benzene rings is 3. The van der Waals surface area contributed by atoms with E-state index in [2.05, 4.69) is 24.4 Å². The molecule has 0 radical (unpaired) electrons. The molecule has 2 atom stereocenters. The van der Waals surface area contributed by atoms with Crippen LogP contribution in [0.25, 0.3) is 11.1 Å². The Morgan fingerprint density at radius 2 is 1.86 bits per heavy atom. The highest BCUT2D eigenvalue weighted by Gasteiger charge is 2.43. The summed E-state index contributed by atoms with van der Waals surface area (Å²) >= 11 is 6.88. The van der Waals surface area contributed by atoms with Gasteiger partial charge in [-0.3, -0.25) is 4.79 Å². The van der Waals surface area contributed by atoms with E-state index in [4.69, 9.17) is 22.1 Å². The number of nitrogens with zero attached hydrogens (tertiary/aromatic N) is 1. The summed E-state index contributed by atoms with van der Waals surface area (Å²) in [6.45, 7) is 7.49. The number of hydrogen-bond donors (Lipinski definition) is 3. The quantitative estimate of drug-likeness (QED) is 0.211. The van der Waals surface area contributed by atoms with E-state index in [1.165, 1.54) is 5.56 Å². The predicted molar refractivity (Wildman–Crippen MR) is 172 cm³/mol. The lowest BCUT2D eigenvalue weighted by Gasteiger charge is -2.44. The molecule has 1 aliphatic rings. The number of nitrogens with one attached hydrogen (secondary N) is 1. The maximum Gasteiger partial charge on any atom is 0.407 e. The number of piperidine rings is 1. The molecule has 7 nitrogen and oxygen atoms in total. The molecule has 0 aromatic heterocycles. The summed E-state index contributed by atoms with van der Waals surface area (Å²) in [6, 6.07) is 21.3. The van der Waals surface area contributed by atoms with Crippen molar-refractivity contribution in [2.24, 2.45) is 11.7 Å². The summed E-state index contributed by atoms with van der Waals surface area (Å²) in [5, 5.41) is 16.2. The molecule has 1 heterocycles. The van der Waals surface area contributed by atoms with Crippen molar-refractivity contribution in [2.75, 3.05) is 19.6 Å². The van der Waals surface area contributed by atoms with Gasteiger partial charge in [0, 0.05) is 48.2 Å². The number of nitrogens with two attached hydrogens (primary N) is 1. The van der Waals surface area contributed by atoms with Crippen LogP contribution < -0.4 is 11.1 Å². The highest BCUT2D eigenvalue weighted by molar-refractivity contribution is 6.33. The van der Waals surface area contributed by atoms with Gasteiger partial charge in [0.15, 0.2) is 0 Å². The van der Waals surface area contributed by atoms with Crippen LogP contribution in [-0.4, -0.2) is 47.7 Å². The van der Waals surface area contributed by atoms with Gasteiger partial charge in [0.1, 0.15) is 0 Å². The first-order chi connectivity index (χ1) is 20.7. The topological polar surface area (TPSA) is 105 Å². The van der Waals surface area contributed by atoms with Crippen molar-refractivity contribution in [3.8, 4) is 11.1 Å². The predicted octanol–water partition coefficient (Wildman–Crippen LogP) is 6.68. The fourth-order valence-electron chi connectivity index (χ4n) is 6.01. The van der Waals surface area contributed by atoms with E-state index >= 15 is 0 Å². The van der Waals surface area contributed by atoms with Crippen LogP contribution in [0.1, 0.15) is 73.5 Å². The first kappa shape index (κ1) is 32.5. The van der Waals surface area contributed by atoms with Crippen LogP contribution in [0.4, 0.5) is 4.79 Å². The number of carbonyl (C=O) groups is 2. The number of aliphatic hydroxyl groups is 1. The van der Waals surface area contributed by atoms with Crippen molar-refractivity contribution in [2.45, 2.75) is 71.1 Å². The van der Waals surface area contributed by atoms with Crippen LogP contribution in [0.5, 0.6) is 0 Å². The second kappa shape index (κ2) is 14.9. The molecule has 2 amide bonds. The summed E-state index contributed by atoms with van der Waals surface area (Å²) in [7, 11) is 0. The molecule has 0 aliphatic carbocycles.